The first-order valence-electron chi connectivity index (χ1n) is 11.8. The molecule has 1 saturated heterocycles. The number of hydrogen-bond acceptors (Lipinski definition) is 4. The van der Waals surface area contributed by atoms with Gasteiger partial charge in [0.05, 0.1) is 12.1 Å². The summed E-state index contributed by atoms with van der Waals surface area (Å²) in [5, 5.41) is 3.10. The lowest BCUT2D eigenvalue weighted by molar-refractivity contribution is -0.117. The smallest absolute Gasteiger partial charge is 0.238 e. The van der Waals surface area contributed by atoms with Gasteiger partial charge in [-0.3, -0.25) is 14.5 Å². The van der Waals surface area contributed by atoms with Gasteiger partial charge in [0.25, 0.3) is 0 Å². The van der Waals surface area contributed by atoms with Gasteiger partial charge in [0.15, 0.2) is 5.78 Å². The van der Waals surface area contributed by atoms with Crippen LogP contribution in [-0.2, 0) is 9.59 Å². The molecule has 3 aromatic rings. The summed E-state index contributed by atoms with van der Waals surface area (Å²) in [4.78, 5) is 31.9. The van der Waals surface area contributed by atoms with Crippen molar-refractivity contribution in [1.29, 1.82) is 0 Å². The second-order valence-electron chi connectivity index (χ2n) is 8.76. The van der Waals surface area contributed by atoms with Crippen molar-refractivity contribution in [2.24, 2.45) is 0 Å². The highest BCUT2D eigenvalue weighted by atomic mass is 16.2. The SMILES string of the molecule is O=C(CN1CCC(n2ccnc2C2=CC=CCC2=O)CC1)Nc1ccccc1-c1ccccc1. The Bertz CT molecular complexity index is 1230. The Hall–Kier alpha value is -3.77. The number of nitrogens with zero attached hydrogens (tertiary/aromatic N) is 3. The number of allylic oxidation sites excluding steroid dienone is 4. The number of hydrogen-bond donors (Lipinski definition) is 1. The van der Waals surface area contributed by atoms with E-state index < -0.39 is 0 Å². The standard InChI is InChI=1S/C28H28N4O2/c33-26-13-7-5-11-24(26)28-29-16-19-32(28)22-14-17-31(18-15-22)20-27(34)30-25-12-6-4-10-23(25)21-8-2-1-3-9-21/h1-12,16,19,22H,13-15,17-18,20H2,(H,30,34). The molecule has 0 spiro atoms. The van der Waals surface area contributed by atoms with Gasteiger partial charge in [-0.25, -0.2) is 4.98 Å². The third-order valence-corrected chi connectivity index (χ3v) is 6.52. The molecule has 2 aromatic carbocycles. The third kappa shape index (κ3) is 4.77. The van der Waals surface area contributed by atoms with Crippen LogP contribution in [0.2, 0.25) is 0 Å². The minimum Gasteiger partial charge on any atom is -0.328 e. The van der Waals surface area contributed by atoms with Gasteiger partial charge in [0.1, 0.15) is 5.82 Å². The number of carbonyl (C=O) groups excluding carboxylic acids is 2. The van der Waals surface area contributed by atoms with E-state index in [4.69, 9.17) is 0 Å². The minimum absolute atomic E-state index is 0.00473. The molecule has 0 atom stereocenters. The molecule has 1 fully saturated rings. The maximum atomic E-state index is 12.9. The second kappa shape index (κ2) is 10.0. The predicted molar refractivity (Wildman–Crippen MR) is 134 cm³/mol. The molecule has 0 radical (unpaired) electrons. The lowest BCUT2D eigenvalue weighted by atomic mass is 10.0. The van der Waals surface area contributed by atoms with Crippen molar-refractivity contribution in [3.8, 4) is 11.1 Å². The molecular weight excluding hydrogens is 424 g/mol. The number of likely N-dealkylation sites (tertiary alicyclic amines) is 1. The molecule has 5 rings (SSSR count). The number of Topliss-reactive ketones (excluding diaryl/α,β-unsaturated/α-hetero) is 1. The summed E-state index contributed by atoms with van der Waals surface area (Å²) in [6.07, 6.45) is 11.6. The maximum Gasteiger partial charge on any atom is 0.238 e. The van der Waals surface area contributed by atoms with Gasteiger partial charge >= 0.3 is 0 Å². The van der Waals surface area contributed by atoms with Crippen LogP contribution in [0.25, 0.3) is 16.7 Å². The van der Waals surface area contributed by atoms with E-state index in [1.54, 1.807) is 6.20 Å². The highest BCUT2D eigenvalue weighted by Crippen LogP contribution is 2.29. The molecule has 2 aliphatic rings. The van der Waals surface area contributed by atoms with Gasteiger partial charge in [-0.2, -0.15) is 0 Å². The number of nitrogens with one attached hydrogen (secondary N) is 1. The molecule has 34 heavy (non-hydrogen) atoms. The predicted octanol–water partition coefficient (Wildman–Crippen LogP) is 4.74. The maximum absolute atomic E-state index is 12.9. The zero-order valence-electron chi connectivity index (χ0n) is 19.1. The molecule has 1 aliphatic carbocycles. The number of imidazole rings is 1. The minimum atomic E-state index is -0.00473. The van der Waals surface area contributed by atoms with Crippen LogP contribution >= 0.6 is 0 Å². The molecule has 0 unspecified atom stereocenters. The Balaban J connectivity index is 1.20. The van der Waals surface area contributed by atoms with Gasteiger partial charge in [-0.1, -0.05) is 60.7 Å². The Morgan fingerprint density at radius 2 is 1.79 bits per heavy atom. The van der Waals surface area contributed by atoms with Crippen LogP contribution in [0.1, 0.15) is 31.1 Å². The number of piperidine rings is 1. The molecule has 6 heteroatoms. The van der Waals surface area contributed by atoms with E-state index in [-0.39, 0.29) is 17.7 Å². The molecule has 1 amide bonds. The average molecular weight is 453 g/mol. The van der Waals surface area contributed by atoms with Gasteiger partial charge in [0, 0.05) is 49.2 Å². The highest BCUT2D eigenvalue weighted by molar-refractivity contribution is 6.21. The normalized spacial score (nSPS) is 16.9. The fraction of sp³-hybridized carbons (Fsp3) is 0.250. The Morgan fingerprint density at radius 1 is 1.03 bits per heavy atom. The molecule has 2 heterocycles. The van der Waals surface area contributed by atoms with Crippen LogP contribution in [0, 0.1) is 0 Å². The summed E-state index contributed by atoms with van der Waals surface area (Å²) >= 11 is 0. The lowest BCUT2D eigenvalue weighted by Crippen LogP contribution is -2.40. The number of aromatic nitrogens is 2. The second-order valence-corrected chi connectivity index (χ2v) is 8.76. The topological polar surface area (TPSA) is 67.2 Å². The molecule has 1 N–H and O–H groups in total. The van der Waals surface area contributed by atoms with Crippen LogP contribution in [-0.4, -0.2) is 45.8 Å². The number of ketones is 1. The first-order valence-corrected chi connectivity index (χ1v) is 11.8. The summed E-state index contributed by atoms with van der Waals surface area (Å²) < 4.78 is 2.14. The van der Waals surface area contributed by atoms with Crippen LogP contribution in [0.3, 0.4) is 0 Å². The largest absolute Gasteiger partial charge is 0.328 e. The molecule has 0 bridgehead atoms. The van der Waals surface area contributed by atoms with Gasteiger partial charge in [-0.05, 0) is 30.5 Å². The number of para-hydroxylation sites is 1. The van der Waals surface area contributed by atoms with Crippen molar-refractivity contribution in [1.82, 2.24) is 14.5 Å². The third-order valence-electron chi connectivity index (χ3n) is 6.52. The zero-order chi connectivity index (χ0) is 23.3. The van der Waals surface area contributed by atoms with Gasteiger partial charge in [0.2, 0.25) is 5.91 Å². The number of carbonyl (C=O) groups is 2. The number of benzene rings is 2. The van der Waals surface area contributed by atoms with Crippen molar-refractivity contribution in [3.05, 3.63) is 91.0 Å². The first-order chi connectivity index (χ1) is 16.7. The molecule has 1 aliphatic heterocycles. The summed E-state index contributed by atoms with van der Waals surface area (Å²) in [7, 11) is 0. The van der Waals surface area contributed by atoms with E-state index in [1.807, 2.05) is 79.0 Å². The zero-order valence-corrected chi connectivity index (χ0v) is 19.1. The van der Waals surface area contributed by atoms with Crippen LogP contribution in [0.4, 0.5) is 5.69 Å². The average Bonchev–Trinajstić information content (AvgIpc) is 3.35. The number of rotatable bonds is 6. The summed E-state index contributed by atoms with van der Waals surface area (Å²) in [5.74, 6) is 0.859. The number of amides is 1. The fourth-order valence-electron chi connectivity index (χ4n) is 4.77. The van der Waals surface area contributed by atoms with Crippen molar-refractivity contribution < 1.29 is 9.59 Å². The van der Waals surface area contributed by atoms with Crippen molar-refractivity contribution in [2.75, 3.05) is 25.0 Å². The van der Waals surface area contributed by atoms with Crippen LogP contribution in [0.15, 0.2) is 85.2 Å². The van der Waals surface area contributed by atoms with Crippen molar-refractivity contribution in [3.63, 3.8) is 0 Å². The Labute approximate surface area is 199 Å². The fourth-order valence-corrected chi connectivity index (χ4v) is 4.77. The molecule has 6 nitrogen and oxygen atoms in total. The molecular formula is C28H28N4O2. The Kier molecular flexibility index (Phi) is 6.49. The van der Waals surface area contributed by atoms with Gasteiger partial charge in [-0.15, -0.1) is 0 Å². The summed E-state index contributed by atoms with van der Waals surface area (Å²) in [5.41, 5.74) is 3.61. The first kappa shape index (κ1) is 22.0. The van der Waals surface area contributed by atoms with Crippen LogP contribution in [0.5, 0.6) is 0 Å². The van der Waals surface area contributed by atoms with Crippen molar-refractivity contribution in [2.45, 2.75) is 25.3 Å². The molecule has 172 valence electrons. The highest BCUT2D eigenvalue weighted by Gasteiger charge is 2.26. The summed E-state index contributed by atoms with van der Waals surface area (Å²) in [6, 6.07) is 18.3. The van der Waals surface area contributed by atoms with E-state index >= 15 is 0 Å². The van der Waals surface area contributed by atoms with E-state index in [1.165, 1.54) is 0 Å². The number of anilines is 1. The lowest BCUT2D eigenvalue weighted by Gasteiger charge is -2.33. The van der Waals surface area contributed by atoms with E-state index in [9.17, 15) is 9.59 Å². The van der Waals surface area contributed by atoms with Crippen molar-refractivity contribution >= 4 is 23.0 Å². The van der Waals surface area contributed by atoms with Gasteiger partial charge < -0.3 is 9.88 Å². The monoisotopic (exact) mass is 452 g/mol. The quantitative estimate of drug-likeness (QED) is 0.587. The van der Waals surface area contributed by atoms with E-state index in [0.29, 0.717) is 18.5 Å². The Morgan fingerprint density at radius 3 is 2.59 bits per heavy atom. The molecule has 1 aromatic heterocycles. The summed E-state index contributed by atoms with van der Waals surface area (Å²) in [6.45, 7) is 2.01. The van der Waals surface area contributed by atoms with Crippen LogP contribution < -0.4 is 5.32 Å². The van der Waals surface area contributed by atoms with E-state index in [2.05, 4.69) is 19.8 Å². The van der Waals surface area contributed by atoms with E-state index in [0.717, 1.165) is 48.6 Å². The molecule has 0 saturated carbocycles.